The molecule has 1 aliphatic rings. The van der Waals surface area contributed by atoms with Crippen molar-refractivity contribution in [3.63, 3.8) is 0 Å². The molecule has 1 aliphatic heterocycles. The van der Waals surface area contributed by atoms with Crippen LogP contribution in [0.25, 0.3) is 43.6 Å². The molecule has 4 aromatic carbocycles. The van der Waals surface area contributed by atoms with Gasteiger partial charge in [0.15, 0.2) is 6.20 Å². The summed E-state index contributed by atoms with van der Waals surface area (Å²) in [7, 11) is 2.20. The van der Waals surface area contributed by atoms with Gasteiger partial charge in [-0.1, -0.05) is 92.6 Å². The van der Waals surface area contributed by atoms with Gasteiger partial charge in [-0.25, -0.2) is 4.57 Å². The van der Waals surface area contributed by atoms with Crippen LogP contribution in [0.3, 0.4) is 0 Å². The van der Waals surface area contributed by atoms with Crippen molar-refractivity contribution in [1.82, 2.24) is 0 Å². The van der Waals surface area contributed by atoms with Crippen LogP contribution in [0.5, 0.6) is 11.5 Å². The lowest BCUT2D eigenvalue weighted by Crippen LogP contribution is -2.32. The number of fused-ring (bicyclic) bond motifs is 5. The molecule has 1 aromatic heterocycles. The lowest BCUT2D eigenvalue weighted by atomic mass is 9.80. The molecule has 0 amide bonds. The Labute approximate surface area is 259 Å². The van der Waals surface area contributed by atoms with E-state index in [0.717, 1.165) is 30.8 Å². The number of benzene rings is 4. The van der Waals surface area contributed by atoms with Crippen LogP contribution in [0.1, 0.15) is 90.1 Å². The van der Waals surface area contributed by atoms with E-state index in [-0.39, 0.29) is 16.2 Å². The first kappa shape index (κ1) is 29.7. The molecule has 2 heteroatoms. The predicted octanol–water partition coefficient (Wildman–Crippen LogP) is 11.1. The highest BCUT2D eigenvalue weighted by Gasteiger charge is 2.35. The molecule has 0 unspecified atom stereocenters. The normalized spacial score (nSPS) is 13.6. The lowest BCUT2D eigenvalue weighted by molar-refractivity contribution is -0.659. The Morgan fingerprint density at radius 2 is 1.33 bits per heavy atom. The Hall–Kier alpha value is -3.39. The van der Waals surface area contributed by atoms with Gasteiger partial charge in [0.05, 0.1) is 10.9 Å². The standard InChI is InChI=1S/C41H50NO/c1-24-13-15-27(22-40(6,7)8)31-20-33-36-29(34(24)31)17-18-42(12)37(36)35-25(2)30-19-26(21-39(3,4)5)14-16-28(30)32(38(35)43-33)23-41(9,10)11/h13-20H,21-23H2,1-12H3/q+1. The molecule has 43 heavy (non-hydrogen) atoms. The van der Waals surface area contributed by atoms with Gasteiger partial charge in [-0.15, -0.1) is 0 Å². The van der Waals surface area contributed by atoms with E-state index < -0.39 is 0 Å². The van der Waals surface area contributed by atoms with Crippen molar-refractivity contribution in [1.29, 1.82) is 0 Å². The Morgan fingerprint density at radius 3 is 1.98 bits per heavy atom. The van der Waals surface area contributed by atoms with Crippen LogP contribution in [0.2, 0.25) is 0 Å². The van der Waals surface area contributed by atoms with E-state index in [4.69, 9.17) is 4.74 Å². The molecule has 0 radical (unpaired) electrons. The van der Waals surface area contributed by atoms with Gasteiger partial charge < -0.3 is 4.74 Å². The van der Waals surface area contributed by atoms with Crippen molar-refractivity contribution in [3.8, 4) is 22.8 Å². The summed E-state index contributed by atoms with van der Waals surface area (Å²) >= 11 is 0. The first-order chi connectivity index (χ1) is 19.9. The van der Waals surface area contributed by atoms with Crippen molar-refractivity contribution < 1.29 is 9.30 Å². The summed E-state index contributed by atoms with van der Waals surface area (Å²) in [5.74, 6) is 2.03. The molecule has 0 saturated heterocycles. The molecular weight excluding hydrogens is 522 g/mol. The van der Waals surface area contributed by atoms with Crippen LogP contribution >= 0.6 is 0 Å². The highest BCUT2D eigenvalue weighted by molar-refractivity contribution is 6.17. The fourth-order valence-corrected chi connectivity index (χ4v) is 7.39. The Morgan fingerprint density at radius 1 is 0.651 bits per heavy atom. The van der Waals surface area contributed by atoms with E-state index in [1.807, 2.05) is 0 Å². The molecule has 0 aliphatic carbocycles. The maximum absolute atomic E-state index is 7.20. The zero-order chi connectivity index (χ0) is 31.2. The third-order valence-corrected chi connectivity index (χ3v) is 8.96. The summed E-state index contributed by atoms with van der Waals surface area (Å²) in [6, 6.07) is 16.5. The van der Waals surface area contributed by atoms with Crippen molar-refractivity contribution in [2.75, 3.05) is 0 Å². The van der Waals surface area contributed by atoms with Gasteiger partial charge in [0.25, 0.3) is 0 Å². The minimum absolute atomic E-state index is 0.109. The molecule has 2 heterocycles. The highest BCUT2D eigenvalue weighted by Crippen LogP contribution is 2.53. The second-order valence-corrected chi connectivity index (χ2v) is 16.9. The minimum Gasteiger partial charge on any atom is -0.455 e. The number of hydrogen-bond acceptors (Lipinski definition) is 1. The predicted molar refractivity (Wildman–Crippen MR) is 185 cm³/mol. The van der Waals surface area contributed by atoms with Gasteiger partial charge in [-0.05, 0) is 99.2 Å². The smallest absolute Gasteiger partial charge is 0.228 e. The third-order valence-electron chi connectivity index (χ3n) is 8.96. The van der Waals surface area contributed by atoms with E-state index in [1.54, 1.807) is 0 Å². The summed E-state index contributed by atoms with van der Waals surface area (Å²) in [5, 5.41) is 7.88. The average molecular weight is 573 g/mol. The van der Waals surface area contributed by atoms with Gasteiger partial charge in [0.2, 0.25) is 5.69 Å². The van der Waals surface area contributed by atoms with E-state index >= 15 is 0 Å². The Balaban J connectivity index is 1.74. The number of aromatic nitrogens is 1. The fraction of sp³-hybridized carbons (Fsp3) is 0.439. The number of hydrogen-bond donors (Lipinski definition) is 0. The van der Waals surface area contributed by atoms with Crippen LogP contribution in [0, 0.1) is 30.1 Å². The second-order valence-electron chi connectivity index (χ2n) is 16.9. The quantitative estimate of drug-likeness (QED) is 0.152. The molecule has 0 atom stereocenters. The Kier molecular flexibility index (Phi) is 6.77. The first-order valence-corrected chi connectivity index (χ1v) is 16.1. The lowest BCUT2D eigenvalue weighted by Gasteiger charge is -2.29. The molecule has 6 rings (SSSR count). The van der Waals surface area contributed by atoms with E-state index in [1.165, 1.54) is 71.4 Å². The maximum Gasteiger partial charge on any atom is 0.228 e. The number of aryl methyl sites for hydroxylation is 3. The van der Waals surface area contributed by atoms with Gasteiger partial charge in [-0.2, -0.15) is 0 Å². The average Bonchev–Trinajstić information content (AvgIpc) is 2.87. The second kappa shape index (κ2) is 9.81. The fourth-order valence-electron chi connectivity index (χ4n) is 7.39. The summed E-state index contributed by atoms with van der Waals surface area (Å²) in [6.07, 6.45) is 5.28. The number of pyridine rings is 1. The molecule has 0 N–H and O–H groups in total. The first-order valence-electron chi connectivity index (χ1n) is 16.1. The SMILES string of the molecule is Cc1c2c(c(CC(C)(C)C)c3ccc(CC(C)(C)C)cc13)Oc1cc3c(CC(C)(C)C)ccc(C)c3c3cc[n+](C)c-2c13. The third kappa shape index (κ3) is 5.32. The highest BCUT2D eigenvalue weighted by atomic mass is 16.5. The molecule has 0 spiro atoms. The monoisotopic (exact) mass is 572 g/mol. The molecule has 5 aromatic rings. The summed E-state index contributed by atoms with van der Waals surface area (Å²) < 4.78 is 9.53. The van der Waals surface area contributed by atoms with Crippen LogP contribution < -0.4 is 9.30 Å². The van der Waals surface area contributed by atoms with Crippen molar-refractivity contribution in [3.05, 3.63) is 76.5 Å². The minimum atomic E-state index is 0.109. The van der Waals surface area contributed by atoms with E-state index in [9.17, 15) is 0 Å². The van der Waals surface area contributed by atoms with E-state index in [0.29, 0.717) is 0 Å². The Bertz CT molecular complexity index is 1940. The topological polar surface area (TPSA) is 13.1 Å². The summed E-state index contributed by atoms with van der Waals surface area (Å²) in [4.78, 5) is 0. The number of nitrogens with zero attached hydrogens (tertiary/aromatic N) is 1. The van der Waals surface area contributed by atoms with Crippen molar-refractivity contribution >= 4 is 32.3 Å². The number of rotatable bonds is 3. The largest absolute Gasteiger partial charge is 0.455 e. The van der Waals surface area contributed by atoms with Crippen LogP contribution in [-0.2, 0) is 26.3 Å². The summed E-state index contributed by atoms with van der Waals surface area (Å²) in [5.41, 5.74) is 9.81. The van der Waals surface area contributed by atoms with Gasteiger partial charge in [-0.3, -0.25) is 0 Å². The van der Waals surface area contributed by atoms with Gasteiger partial charge in [0, 0.05) is 17.0 Å². The molecule has 224 valence electrons. The molecule has 2 nitrogen and oxygen atoms in total. The van der Waals surface area contributed by atoms with Crippen molar-refractivity contribution in [2.45, 2.75) is 95.4 Å². The summed E-state index contributed by atoms with van der Waals surface area (Å²) in [6.45, 7) is 25.5. The molecule has 0 fully saturated rings. The van der Waals surface area contributed by atoms with E-state index in [2.05, 4.69) is 136 Å². The van der Waals surface area contributed by atoms with Gasteiger partial charge in [0.1, 0.15) is 18.5 Å². The maximum atomic E-state index is 7.20. The van der Waals surface area contributed by atoms with Gasteiger partial charge >= 0.3 is 0 Å². The molecule has 0 saturated carbocycles. The van der Waals surface area contributed by atoms with Crippen LogP contribution in [0.4, 0.5) is 0 Å². The van der Waals surface area contributed by atoms with Crippen molar-refractivity contribution in [2.24, 2.45) is 23.3 Å². The zero-order valence-corrected chi connectivity index (χ0v) is 28.6. The molecule has 0 bridgehead atoms. The zero-order valence-electron chi connectivity index (χ0n) is 28.6. The number of ether oxygens (including phenoxy) is 1. The van der Waals surface area contributed by atoms with Crippen LogP contribution in [-0.4, -0.2) is 0 Å². The van der Waals surface area contributed by atoms with Crippen LogP contribution in [0.15, 0.2) is 48.7 Å². The molecular formula is C41H50NO+.